The lowest BCUT2D eigenvalue weighted by Crippen LogP contribution is -2.10. The van der Waals surface area contributed by atoms with Crippen LogP contribution in [0.15, 0.2) is 18.2 Å². The highest BCUT2D eigenvalue weighted by Crippen LogP contribution is 2.22. The average Bonchev–Trinajstić information content (AvgIpc) is 2.17. The van der Waals surface area contributed by atoms with E-state index in [1.165, 1.54) is 0 Å². The summed E-state index contributed by atoms with van der Waals surface area (Å²) < 4.78 is 26.1. The summed E-state index contributed by atoms with van der Waals surface area (Å²) in [5, 5.41) is 0. The van der Waals surface area contributed by atoms with E-state index in [2.05, 4.69) is 0 Å². The van der Waals surface area contributed by atoms with Crippen LogP contribution in [-0.4, -0.2) is 5.78 Å². The van der Waals surface area contributed by atoms with Gasteiger partial charge in [0, 0.05) is 6.42 Å². The number of ketones is 1. The molecule has 0 amide bonds. The van der Waals surface area contributed by atoms with Gasteiger partial charge in [0.1, 0.15) is 11.6 Å². The first-order valence-electron chi connectivity index (χ1n) is 5.28. The summed E-state index contributed by atoms with van der Waals surface area (Å²) >= 11 is 0. The third-order valence-corrected chi connectivity index (χ3v) is 2.33. The third kappa shape index (κ3) is 3.72. The zero-order chi connectivity index (χ0) is 12.3. The number of carbonyl (C=O) groups is 1. The van der Waals surface area contributed by atoms with Crippen LogP contribution in [0.2, 0.25) is 0 Å². The first-order valence-corrected chi connectivity index (χ1v) is 5.28. The second kappa shape index (κ2) is 4.73. The van der Waals surface area contributed by atoms with Crippen LogP contribution in [-0.2, 0) is 0 Å². The summed E-state index contributed by atoms with van der Waals surface area (Å²) in [4.78, 5) is 11.7. The van der Waals surface area contributed by atoms with Gasteiger partial charge in [-0.3, -0.25) is 4.79 Å². The molecular weight excluding hydrogens is 210 g/mol. The molecule has 0 aliphatic heterocycles. The van der Waals surface area contributed by atoms with E-state index in [0.29, 0.717) is 6.42 Å². The van der Waals surface area contributed by atoms with Crippen molar-refractivity contribution in [3.05, 3.63) is 35.4 Å². The Morgan fingerprint density at radius 2 is 1.88 bits per heavy atom. The van der Waals surface area contributed by atoms with Crippen LogP contribution in [0.1, 0.15) is 44.0 Å². The largest absolute Gasteiger partial charge is 0.294 e. The zero-order valence-electron chi connectivity index (χ0n) is 9.81. The number of halogens is 2. The van der Waals surface area contributed by atoms with E-state index in [1.54, 1.807) is 0 Å². The van der Waals surface area contributed by atoms with Gasteiger partial charge in [0.2, 0.25) is 0 Å². The van der Waals surface area contributed by atoms with Crippen molar-refractivity contribution in [2.24, 2.45) is 5.41 Å². The Balaban J connectivity index is 2.77. The molecule has 0 fully saturated rings. The highest BCUT2D eigenvalue weighted by molar-refractivity contribution is 5.96. The van der Waals surface area contributed by atoms with Gasteiger partial charge in [-0.1, -0.05) is 20.8 Å². The van der Waals surface area contributed by atoms with Crippen LogP contribution < -0.4 is 0 Å². The molecule has 1 nitrogen and oxygen atoms in total. The standard InChI is InChI=1S/C13H16F2O/c1-13(2,3)7-6-12(16)10-8-9(14)4-5-11(10)15/h4-5,8H,6-7H2,1-3H3. The van der Waals surface area contributed by atoms with Crippen molar-refractivity contribution in [3.8, 4) is 0 Å². The van der Waals surface area contributed by atoms with Gasteiger partial charge in [0.05, 0.1) is 5.56 Å². The lowest BCUT2D eigenvalue weighted by atomic mass is 9.88. The highest BCUT2D eigenvalue weighted by atomic mass is 19.1. The van der Waals surface area contributed by atoms with Gasteiger partial charge in [-0.2, -0.15) is 0 Å². The molecular formula is C13H16F2O. The zero-order valence-corrected chi connectivity index (χ0v) is 9.81. The molecule has 0 spiro atoms. The molecule has 0 unspecified atom stereocenters. The van der Waals surface area contributed by atoms with Crippen LogP contribution in [0.5, 0.6) is 0 Å². The number of hydrogen-bond donors (Lipinski definition) is 0. The van der Waals surface area contributed by atoms with Crippen LogP contribution in [0, 0.1) is 17.0 Å². The molecule has 1 aromatic carbocycles. The molecule has 0 N–H and O–H groups in total. The number of benzene rings is 1. The first-order chi connectivity index (χ1) is 7.29. The maximum Gasteiger partial charge on any atom is 0.165 e. The van der Waals surface area contributed by atoms with Gasteiger partial charge in [-0.25, -0.2) is 8.78 Å². The minimum absolute atomic E-state index is 0.0134. The molecule has 1 aromatic rings. The Morgan fingerprint density at radius 1 is 1.25 bits per heavy atom. The van der Waals surface area contributed by atoms with Gasteiger partial charge in [-0.15, -0.1) is 0 Å². The second-order valence-corrected chi connectivity index (χ2v) is 5.11. The molecule has 0 heterocycles. The first kappa shape index (κ1) is 12.8. The third-order valence-electron chi connectivity index (χ3n) is 2.33. The van der Waals surface area contributed by atoms with Gasteiger partial charge < -0.3 is 0 Å². The molecule has 3 heteroatoms. The number of hydrogen-bond acceptors (Lipinski definition) is 1. The topological polar surface area (TPSA) is 17.1 Å². The van der Waals surface area contributed by atoms with E-state index in [1.807, 2.05) is 20.8 Å². The predicted molar refractivity (Wildman–Crippen MR) is 59.4 cm³/mol. The van der Waals surface area contributed by atoms with Gasteiger partial charge in [-0.05, 0) is 30.0 Å². The Labute approximate surface area is 94.5 Å². The summed E-state index contributed by atoms with van der Waals surface area (Å²) in [6, 6.07) is 2.95. The molecule has 0 aliphatic rings. The molecule has 88 valence electrons. The molecule has 0 aliphatic carbocycles. The van der Waals surface area contributed by atoms with Crippen molar-refractivity contribution in [1.29, 1.82) is 0 Å². The number of Topliss-reactive ketones (excluding diaryl/α,β-unsaturated/α-hetero) is 1. The van der Waals surface area contributed by atoms with Crippen LogP contribution in [0.25, 0.3) is 0 Å². The van der Waals surface area contributed by atoms with Gasteiger partial charge in [0.15, 0.2) is 5.78 Å². The van der Waals surface area contributed by atoms with Crippen LogP contribution in [0.3, 0.4) is 0 Å². The maximum atomic E-state index is 13.3. The molecule has 16 heavy (non-hydrogen) atoms. The fraction of sp³-hybridized carbons (Fsp3) is 0.462. The van der Waals surface area contributed by atoms with E-state index in [-0.39, 0.29) is 23.2 Å². The maximum absolute atomic E-state index is 13.3. The quantitative estimate of drug-likeness (QED) is 0.712. The van der Waals surface area contributed by atoms with E-state index >= 15 is 0 Å². The highest BCUT2D eigenvalue weighted by Gasteiger charge is 2.17. The molecule has 0 bridgehead atoms. The molecule has 0 aromatic heterocycles. The molecule has 1 rings (SSSR count). The molecule has 0 saturated carbocycles. The molecule has 0 radical (unpaired) electrons. The van der Waals surface area contributed by atoms with E-state index in [0.717, 1.165) is 18.2 Å². The van der Waals surface area contributed by atoms with Crippen LogP contribution >= 0.6 is 0 Å². The fourth-order valence-corrected chi connectivity index (χ4v) is 1.33. The van der Waals surface area contributed by atoms with Crippen molar-refractivity contribution in [2.75, 3.05) is 0 Å². The monoisotopic (exact) mass is 226 g/mol. The van der Waals surface area contributed by atoms with Gasteiger partial charge >= 0.3 is 0 Å². The molecule has 0 atom stereocenters. The summed E-state index contributed by atoms with van der Waals surface area (Å²) in [6.07, 6.45) is 0.895. The normalized spacial score (nSPS) is 11.6. The lowest BCUT2D eigenvalue weighted by Gasteiger charge is -2.17. The Morgan fingerprint density at radius 3 is 2.44 bits per heavy atom. The SMILES string of the molecule is CC(C)(C)CCC(=O)c1cc(F)ccc1F. The van der Waals surface area contributed by atoms with Crippen molar-refractivity contribution in [2.45, 2.75) is 33.6 Å². The van der Waals surface area contributed by atoms with Crippen molar-refractivity contribution < 1.29 is 13.6 Å². The second-order valence-electron chi connectivity index (χ2n) is 5.11. The fourth-order valence-electron chi connectivity index (χ4n) is 1.33. The summed E-state index contributed by atoms with van der Waals surface area (Å²) in [6.45, 7) is 6.01. The summed E-state index contributed by atoms with van der Waals surface area (Å²) in [7, 11) is 0. The number of carbonyl (C=O) groups excluding carboxylic acids is 1. The molecule has 0 saturated heterocycles. The minimum atomic E-state index is -0.652. The van der Waals surface area contributed by atoms with E-state index < -0.39 is 11.6 Å². The smallest absolute Gasteiger partial charge is 0.165 e. The lowest BCUT2D eigenvalue weighted by molar-refractivity contribution is 0.0961. The predicted octanol–water partition coefficient (Wildman–Crippen LogP) is 3.97. The van der Waals surface area contributed by atoms with Gasteiger partial charge in [0.25, 0.3) is 0 Å². The van der Waals surface area contributed by atoms with E-state index in [4.69, 9.17) is 0 Å². The van der Waals surface area contributed by atoms with Crippen LogP contribution in [0.4, 0.5) is 8.78 Å². The van der Waals surface area contributed by atoms with E-state index in [9.17, 15) is 13.6 Å². The van der Waals surface area contributed by atoms with Crippen molar-refractivity contribution >= 4 is 5.78 Å². The summed E-state index contributed by atoms with van der Waals surface area (Å²) in [5.41, 5.74) is -0.135. The Hall–Kier alpha value is -1.25. The van der Waals surface area contributed by atoms with Crippen molar-refractivity contribution in [3.63, 3.8) is 0 Å². The Kier molecular flexibility index (Phi) is 3.79. The number of rotatable bonds is 3. The average molecular weight is 226 g/mol. The minimum Gasteiger partial charge on any atom is -0.294 e. The van der Waals surface area contributed by atoms with Crippen molar-refractivity contribution in [1.82, 2.24) is 0 Å². The Bertz CT molecular complexity index is 391. The summed E-state index contributed by atoms with van der Waals surface area (Å²) in [5.74, 6) is -1.58.